The molecule has 7 nitrogen and oxygen atoms in total. The van der Waals surface area contributed by atoms with E-state index in [1.165, 1.54) is 4.80 Å². The highest BCUT2D eigenvalue weighted by Crippen LogP contribution is 2.36. The summed E-state index contributed by atoms with van der Waals surface area (Å²) in [5.74, 6) is 1.62. The molecular weight excluding hydrogens is 328 g/mol. The van der Waals surface area contributed by atoms with Crippen molar-refractivity contribution in [3.63, 3.8) is 0 Å². The molecule has 1 unspecified atom stereocenters. The fourth-order valence-corrected chi connectivity index (χ4v) is 2.40. The summed E-state index contributed by atoms with van der Waals surface area (Å²) in [6.07, 6.45) is -0.504. The average molecular weight is 343 g/mol. The van der Waals surface area contributed by atoms with Gasteiger partial charge in [0.15, 0.2) is 17.3 Å². The van der Waals surface area contributed by atoms with E-state index < -0.39 is 6.10 Å². The van der Waals surface area contributed by atoms with Gasteiger partial charge >= 0.3 is 0 Å². The van der Waals surface area contributed by atoms with Crippen LogP contribution in [0.15, 0.2) is 16.6 Å². The smallest absolute Gasteiger partial charge is 0.177 e. The minimum absolute atomic E-state index is 0.266. The summed E-state index contributed by atoms with van der Waals surface area (Å²) < 4.78 is 11.2. The summed E-state index contributed by atoms with van der Waals surface area (Å²) in [6, 6.07) is 3.48. The predicted octanol–water partition coefficient (Wildman–Crippen LogP) is 1.27. The molecule has 0 aliphatic carbocycles. The molecular formula is C12H15BrN4O3. The molecule has 0 radical (unpaired) electrons. The standard InChI is InChI=1S/C12H15BrN4O3/c1-17-15-12(14-16-17)6-9(18)7-4-10(19-2)11(20-3)5-8(7)13/h4-5,9,18H,6H2,1-3H3. The number of rotatable bonds is 5. The van der Waals surface area contributed by atoms with Crippen molar-refractivity contribution in [2.24, 2.45) is 7.05 Å². The zero-order chi connectivity index (χ0) is 14.7. The molecule has 0 aliphatic rings. The van der Waals surface area contributed by atoms with Gasteiger partial charge in [0.05, 0.1) is 27.4 Å². The molecule has 108 valence electrons. The molecule has 0 spiro atoms. The van der Waals surface area contributed by atoms with Crippen molar-refractivity contribution in [2.45, 2.75) is 12.5 Å². The summed E-state index contributed by atoms with van der Waals surface area (Å²) in [5, 5.41) is 21.9. The number of tetrazole rings is 1. The van der Waals surface area contributed by atoms with Gasteiger partial charge in [-0.3, -0.25) is 0 Å². The minimum atomic E-state index is -0.770. The van der Waals surface area contributed by atoms with E-state index in [9.17, 15) is 5.11 Å². The molecule has 1 N–H and O–H groups in total. The van der Waals surface area contributed by atoms with Crippen LogP contribution in [0.25, 0.3) is 0 Å². The number of methoxy groups -OCH3 is 2. The highest BCUT2D eigenvalue weighted by Gasteiger charge is 2.18. The first kappa shape index (κ1) is 14.7. The summed E-state index contributed by atoms with van der Waals surface area (Å²) in [5.41, 5.74) is 0.676. The zero-order valence-electron chi connectivity index (χ0n) is 11.4. The molecule has 0 fully saturated rings. The molecule has 2 aromatic rings. The zero-order valence-corrected chi connectivity index (χ0v) is 13.0. The summed E-state index contributed by atoms with van der Waals surface area (Å²) in [6.45, 7) is 0. The number of hydrogen-bond acceptors (Lipinski definition) is 6. The summed E-state index contributed by atoms with van der Waals surface area (Å²) in [4.78, 5) is 1.35. The van der Waals surface area contributed by atoms with Gasteiger partial charge in [-0.25, -0.2) is 0 Å². The van der Waals surface area contributed by atoms with Gasteiger partial charge < -0.3 is 14.6 Å². The number of aryl methyl sites for hydroxylation is 1. The lowest BCUT2D eigenvalue weighted by molar-refractivity contribution is 0.174. The van der Waals surface area contributed by atoms with Crippen LogP contribution in [-0.2, 0) is 13.5 Å². The number of benzene rings is 1. The maximum Gasteiger partial charge on any atom is 0.177 e. The Morgan fingerprint density at radius 2 is 1.95 bits per heavy atom. The molecule has 0 amide bonds. The van der Waals surface area contributed by atoms with E-state index in [-0.39, 0.29) is 6.42 Å². The lowest BCUT2D eigenvalue weighted by Gasteiger charge is -2.15. The molecule has 0 saturated carbocycles. The Kier molecular flexibility index (Phi) is 4.56. The third kappa shape index (κ3) is 3.07. The number of halogens is 1. The molecule has 1 atom stereocenters. The number of hydrogen-bond donors (Lipinski definition) is 1. The maximum atomic E-state index is 10.3. The average Bonchev–Trinajstić information content (AvgIpc) is 2.83. The SMILES string of the molecule is COc1cc(Br)c(C(O)Cc2nnn(C)n2)cc1OC. The van der Waals surface area contributed by atoms with Crippen LogP contribution >= 0.6 is 15.9 Å². The van der Waals surface area contributed by atoms with E-state index in [0.29, 0.717) is 22.9 Å². The van der Waals surface area contributed by atoms with E-state index >= 15 is 0 Å². The van der Waals surface area contributed by atoms with Crippen molar-refractivity contribution in [1.29, 1.82) is 0 Å². The van der Waals surface area contributed by atoms with Crippen LogP contribution in [0.3, 0.4) is 0 Å². The van der Waals surface area contributed by atoms with Crippen molar-refractivity contribution >= 4 is 15.9 Å². The largest absolute Gasteiger partial charge is 0.493 e. The first-order chi connectivity index (χ1) is 9.55. The number of aromatic nitrogens is 4. The second kappa shape index (κ2) is 6.19. The summed E-state index contributed by atoms with van der Waals surface area (Å²) >= 11 is 3.41. The lowest BCUT2D eigenvalue weighted by Crippen LogP contribution is -2.06. The molecule has 0 bridgehead atoms. The van der Waals surface area contributed by atoms with Crippen LogP contribution in [0.2, 0.25) is 0 Å². The highest BCUT2D eigenvalue weighted by molar-refractivity contribution is 9.10. The third-order valence-corrected chi connectivity index (χ3v) is 3.47. The van der Waals surface area contributed by atoms with E-state index in [4.69, 9.17) is 9.47 Å². The molecule has 2 rings (SSSR count). The monoisotopic (exact) mass is 342 g/mol. The van der Waals surface area contributed by atoms with Gasteiger partial charge in [0.2, 0.25) is 0 Å². The molecule has 1 aromatic heterocycles. The Bertz CT molecular complexity index is 602. The molecule has 1 heterocycles. The van der Waals surface area contributed by atoms with Crippen LogP contribution in [0.4, 0.5) is 0 Å². The Morgan fingerprint density at radius 3 is 2.50 bits per heavy atom. The molecule has 1 aromatic carbocycles. The van der Waals surface area contributed by atoms with Crippen LogP contribution in [0.1, 0.15) is 17.5 Å². The number of ether oxygens (including phenoxy) is 2. The van der Waals surface area contributed by atoms with Crippen molar-refractivity contribution in [1.82, 2.24) is 20.2 Å². The second-order valence-electron chi connectivity index (χ2n) is 4.14. The van der Waals surface area contributed by atoms with E-state index in [2.05, 4.69) is 31.3 Å². The normalized spacial score (nSPS) is 12.2. The third-order valence-electron chi connectivity index (χ3n) is 2.79. The van der Waals surface area contributed by atoms with Crippen molar-refractivity contribution in [2.75, 3.05) is 14.2 Å². The number of aliphatic hydroxyl groups is 1. The van der Waals surface area contributed by atoms with Crippen molar-refractivity contribution in [3.05, 3.63) is 28.0 Å². The van der Waals surface area contributed by atoms with Gasteiger partial charge in [-0.05, 0) is 22.9 Å². The Hall–Kier alpha value is -1.67. The van der Waals surface area contributed by atoms with Crippen LogP contribution < -0.4 is 9.47 Å². The molecule has 0 saturated heterocycles. The Labute approximate surface area is 124 Å². The van der Waals surface area contributed by atoms with Crippen molar-refractivity contribution < 1.29 is 14.6 Å². The van der Waals surface area contributed by atoms with Gasteiger partial charge in [0.1, 0.15) is 0 Å². The highest BCUT2D eigenvalue weighted by atomic mass is 79.9. The van der Waals surface area contributed by atoms with Gasteiger partial charge in [-0.2, -0.15) is 4.80 Å². The van der Waals surface area contributed by atoms with Gasteiger partial charge in [0, 0.05) is 10.9 Å². The Balaban J connectivity index is 2.27. The quantitative estimate of drug-likeness (QED) is 0.880. The van der Waals surface area contributed by atoms with E-state index in [1.807, 2.05) is 0 Å². The Morgan fingerprint density at radius 1 is 1.30 bits per heavy atom. The first-order valence-corrected chi connectivity index (χ1v) is 6.66. The van der Waals surface area contributed by atoms with Crippen LogP contribution in [0.5, 0.6) is 11.5 Å². The number of nitrogens with zero attached hydrogens (tertiary/aromatic N) is 4. The first-order valence-electron chi connectivity index (χ1n) is 5.87. The van der Waals surface area contributed by atoms with Crippen molar-refractivity contribution in [3.8, 4) is 11.5 Å². The van der Waals surface area contributed by atoms with E-state index in [1.54, 1.807) is 33.4 Å². The van der Waals surface area contributed by atoms with Gasteiger partial charge in [0.25, 0.3) is 0 Å². The van der Waals surface area contributed by atoms with E-state index in [0.717, 1.165) is 4.47 Å². The number of aliphatic hydroxyl groups excluding tert-OH is 1. The fraction of sp³-hybridized carbons (Fsp3) is 0.417. The lowest BCUT2D eigenvalue weighted by atomic mass is 10.1. The summed E-state index contributed by atoms with van der Waals surface area (Å²) in [7, 11) is 4.78. The minimum Gasteiger partial charge on any atom is -0.493 e. The second-order valence-corrected chi connectivity index (χ2v) is 5.00. The topological polar surface area (TPSA) is 82.3 Å². The van der Waals surface area contributed by atoms with Crippen LogP contribution in [-0.4, -0.2) is 39.5 Å². The molecule has 0 aliphatic heterocycles. The maximum absolute atomic E-state index is 10.3. The molecule has 20 heavy (non-hydrogen) atoms. The van der Waals surface area contributed by atoms with Gasteiger partial charge in [-0.15, -0.1) is 10.2 Å². The predicted molar refractivity (Wildman–Crippen MR) is 74.7 cm³/mol. The van der Waals surface area contributed by atoms with Gasteiger partial charge in [-0.1, -0.05) is 15.9 Å². The fourth-order valence-electron chi connectivity index (χ4n) is 1.81. The van der Waals surface area contributed by atoms with Crippen LogP contribution in [0, 0.1) is 0 Å². The molecule has 8 heteroatoms.